The standard InChI is InChI=1S/C9H18O/c1-5-7-8-10-9(3,4)6-2/h7-8H,5-6H2,1-4H3. The third-order valence-corrected chi connectivity index (χ3v) is 1.57. The van der Waals surface area contributed by atoms with E-state index in [1.807, 2.05) is 6.08 Å². The van der Waals surface area contributed by atoms with E-state index in [1.165, 1.54) is 0 Å². The predicted molar refractivity (Wildman–Crippen MR) is 44.9 cm³/mol. The molecule has 0 fully saturated rings. The van der Waals surface area contributed by atoms with Crippen molar-refractivity contribution >= 4 is 0 Å². The second kappa shape index (κ2) is 4.37. The van der Waals surface area contributed by atoms with Crippen molar-refractivity contribution < 1.29 is 4.74 Å². The molecule has 0 aliphatic rings. The lowest BCUT2D eigenvalue weighted by atomic mass is 10.1. The molecule has 0 radical (unpaired) electrons. The Labute approximate surface area is 64.1 Å². The van der Waals surface area contributed by atoms with Crippen LogP contribution in [0.5, 0.6) is 0 Å². The quantitative estimate of drug-likeness (QED) is 0.548. The molecule has 0 N–H and O–H groups in total. The van der Waals surface area contributed by atoms with Gasteiger partial charge in [0, 0.05) is 0 Å². The molecule has 0 amide bonds. The summed E-state index contributed by atoms with van der Waals surface area (Å²) < 4.78 is 5.44. The molecule has 0 heterocycles. The molecule has 0 rings (SSSR count). The summed E-state index contributed by atoms with van der Waals surface area (Å²) in [7, 11) is 0. The molecule has 0 aromatic rings. The van der Waals surface area contributed by atoms with Gasteiger partial charge in [-0.1, -0.05) is 19.9 Å². The fourth-order valence-corrected chi connectivity index (χ4v) is 0.412. The highest BCUT2D eigenvalue weighted by atomic mass is 16.5. The van der Waals surface area contributed by atoms with Gasteiger partial charge < -0.3 is 4.74 Å². The maximum absolute atomic E-state index is 5.44. The summed E-state index contributed by atoms with van der Waals surface area (Å²) in [5.74, 6) is 0. The van der Waals surface area contributed by atoms with E-state index in [0.717, 1.165) is 12.8 Å². The minimum absolute atomic E-state index is 0.00562. The van der Waals surface area contributed by atoms with Crippen LogP contribution in [0.2, 0.25) is 0 Å². The topological polar surface area (TPSA) is 9.23 Å². The number of hydrogen-bond donors (Lipinski definition) is 0. The van der Waals surface area contributed by atoms with E-state index in [-0.39, 0.29) is 5.60 Å². The van der Waals surface area contributed by atoms with E-state index in [2.05, 4.69) is 27.7 Å². The Hall–Kier alpha value is -0.460. The molecule has 0 unspecified atom stereocenters. The highest BCUT2D eigenvalue weighted by Gasteiger charge is 2.12. The molecule has 1 nitrogen and oxygen atoms in total. The van der Waals surface area contributed by atoms with Crippen LogP contribution in [0.4, 0.5) is 0 Å². The van der Waals surface area contributed by atoms with Gasteiger partial charge in [0.1, 0.15) is 5.60 Å². The molecule has 0 aliphatic heterocycles. The van der Waals surface area contributed by atoms with Gasteiger partial charge in [0.25, 0.3) is 0 Å². The van der Waals surface area contributed by atoms with Crippen LogP contribution in [0.15, 0.2) is 12.3 Å². The summed E-state index contributed by atoms with van der Waals surface area (Å²) in [6.45, 7) is 8.40. The summed E-state index contributed by atoms with van der Waals surface area (Å²) >= 11 is 0. The van der Waals surface area contributed by atoms with E-state index >= 15 is 0 Å². The fraction of sp³-hybridized carbons (Fsp3) is 0.778. The Balaban J connectivity index is 3.56. The van der Waals surface area contributed by atoms with Gasteiger partial charge in [-0.25, -0.2) is 0 Å². The van der Waals surface area contributed by atoms with Crippen LogP contribution < -0.4 is 0 Å². The molecule has 0 saturated carbocycles. The molecule has 10 heavy (non-hydrogen) atoms. The summed E-state index contributed by atoms with van der Waals surface area (Å²) in [6.07, 6.45) is 5.90. The van der Waals surface area contributed by atoms with Crippen molar-refractivity contribution in [1.29, 1.82) is 0 Å². The first-order valence-corrected chi connectivity index (χ1v) is 3.95. The Morgan fingerprint density at radius 2 is 1.90 bits per heavy atom. The molecule has 0 saturated heterocycles. The maximum Gasteiger partial charge on any atom is 0.102 e. The lowest BCUT2D eigenvalue weighted by Gasteiger charge is -2.21. The van der Waals surface area contributed by atoms with Crippen LogP contribution in [0.1, 0.15) is 40.5 Å². The largest absolute Gasteiger partial charge is 0.496 e. The summed E-state index contributed by atoms with van der Waals surface area (Å²) in [5.41, 5.74) is 0.00562. The first-order chi connectivity index (χ1) is 4.62. The van der Waals surface area contributed by atoms with E-state index in [9.17, 15) is 0 Å². The number of allylic oxidation sites excluding steroid dienone is 1. The van der Waals surface area contributed by atoms with E-state index in [0.29, 0.717) is 0 Å². The number of hydrogen-bond acceptors (Lipinski definition) is 1. The number of rotatable bonds is 4. The third-order valence-electron chi connectivity index (χ3n) is 1.57. The molecule has 0 spiro atoms. The van der Waals surface area contributed by atoms with Crippen LogP contribution >= 0.6 is 0 Å². The second-order valence-corrected chi connectivity index (χ2v) is 3.01. The average molecular weight is 142 g/mol. The van der Waals surface area contributed by atoms with Crippen molar-refractivity contribution in [2.45, 2.75) is 46.1 Å². The van der Waals surface area contributed by atoms with Crippen LogP contribution in [0.25, 0.3) is 0 Å². The van der Waals surface area contributed by atoms with Gasteiger partial charge in [-0.05, 0) is 26.7 Å². The zero-order valence-corrected chi connectivity index (χ0v) is 7.48. The molecule has 0 aromatic carbocycles. The minimum atomic E-state index is 0.00562. The molecule has 1 heteroatoms. The van der Waals surface area contributed by atoms with Crippen molar-refractivity contribution in [3.63, 3.8) is 0 Å². The zero-order chi connectivity index (χ0) is 8.04. The van der Waals surface area contributed by atoms with E-state index < -0.39 is 0 Å². The van der Waals surface area contributed by atoms with E-state index in [4.69, 9.17) is 4.74 Å². The second-order valence-electron chi connectivity index (χ2n) is 3.01. The van der Waals surface area contributed by atoms with Crippen LogP contribution in [0.3, 0.4) is 0 Å². The Kier molecular flexibility index (Phi) is 4.17. The maximum atomic E-state index is 5.44. The predicted octanol–water partition coefficient (Wildman–Crippen LogP) is 3.12. The molecular weight excluding hydrogens is 124 g/mol. The molecule has 0 bridgehead atoms. The van der Waals surface area contributed by atoms with Crippen molar-refractivity contribution in [2.75, 3.05) is 0 Å². The first kappa shape index (κ1) is 9.54. The highest BCUT2D eigenvalue weighted by molar-refractivity contribution is 4.76. The molecule has 0 aromatic heterocycles. The third kappa shape index (κ3) is 4.42. The van der Waals surface area contributed by atoms with Gasteiger partial charge in [-0.2, -0.15) is 0 Å². The van der Waals surface area contributed by atoms with Gasteiger partial charge in [0.05, 0.1) is 6.26 Å². The Bertz CT molecular complexity index is 103. The molecule has 0 aliphatic carbocycles. The van der Waals surface area contributed by atoms with Gasteiger partial charge in [0.15, 0.2) is 0 Å². The van der Waals surface area contributed by atoms with Crippen LogP contribution in [-0.4, -0.2) is 5.60 Å². The van der Waals surface area contributed by atoms with Crippen LogP contribution in [-0.2, 0) is 4.74 Å². The lowest BCUT2D eigenvalue weighted by Crippen LogP contribution is -2.19. The van der Waals surface area contributed by atoms with Gasteiger partial charge in [-0.15, -0.1) is 0 Å². The Morgan fingerprint density at radius 1 is 1.30 bits per heavy atom. The zero-order valence-electron chi connectivity index (χ0n) is 7.48. The molecule has 0 atom stereocenters. The number of ether oxygens (including phenoxy) is 1. The smallest absolute Gasteiger partial charge is 0.102 e. The van der Waals surface area contributed by atoms with Crippen molar-refractivity contribution in [3.05, 3.63) is 12.3 Å². The first-order valence-electron chi connectivity index (χ1n) is 3.95. The molecule has 60 valence electrons. The summed E-state index contributed by atoms with van der Waals surface area (Å²) in [6, 6.07) is 0. The van der Waals surface area contributed by atoms with E-state index in [1.54, 1.807) is 6.26 Å². The SMILES string of the molecule is CCC=COC(C)(C)CC. The van der Waals surface area contributed by atoms with Crippen LogP contribution in [0, 0.1) is 0 Å². The van der Waals surface area contributed by atoms with Crippen molar-refractivity contribution in [3.8, 4) is 0 Å². The van der Waals surface area contributed by atoms with Gasteiger partial charge in [0.2, 0.25) is 0 Å². The lowest BCUT2D eigenvalue weighted by molar-refractivity contribution is 0.0538. The normalized spacial score (nSPS) is 12.4. The van der Waals surface area contributed by atoms with Gasteiger partial charge >= 0.3 is 0 Å². The Morgan fingerprint density at radius 3 is 2.30 bits per heavy atom. The highest BCUT2D eigenvalue weighted by Crippen LogP contribution is 2.13. The van der Waals surface area contributed by atoms with Crippen molar-refractivity contribution in [1.82, 2.24) is 0 Å². The monoisotopic (exact) mass is 142 g/mol. The van der Waals surface area contributed by atoms with Crippen molar-refractivity contribution in [2.24, 2.45) is 0 Å². The average Bonchev–Trinajstić information content (AvgIpc) is 1.89. The summed E-state index contributed by atoms with van der Waals surface area (Å²) in [4.78, 5) is 0. The molecular formula is C9H18O. The minimum Gasteiger partial charge on any atom is -0.496 e. The summed E-state index contributed by atoms with van der Waals surface area (Å²) in [5, 5.41) is 0. The fourth-order valence-electron chi connectivity index (χ4n) is 0.412. The van der Waals surface area contributed by atoms with Gasteiger partial charge in [-0.3, -0.25) is 0 Å².